The van der Waals surface area contributed by atoms with Crippen LogP contribution >= 0.6 is 0 Å². The Morgan fingerprint density at radius 1 is 1.00 bits per heavy atom. The number of benzene rings is 2. The molecule has 164 valence electrons. The first kappa shape index (κ1) is 21.6. The van der Waals surface area contributed by atoms with Gasteiger partial charge in [-0.1, -0.05) is 12.1 Å². The van der Waals surface area contributed by atoms with Crippen molar-refractivity contribution in [1.29, 1.82) is 0 Å². The number of ketones is 1. The number of fused-ring (bicyclic) bond motifs is 1. The number of sulfonamides is 1. The Hall–Kier alpha value is -2.62. The number of carbonyl (C=O) groups is 1. The minimum atomic E-state index is -3.93. The molecule has 4 rings (SSSR count). The van der Waals surface area contributed by atoms with Crippen LogP contribution in [0.25, 0.3) is 10.9 Å². The van der Waals surface area contributed by atoms with Crippen molar-refractivity contribution >= 4 is 26.7 Å². The van der Waals surface area contributed by atoms with E-state index in [0.717, 1.165) is 34.3 Å². The highest BCUT2D eigenvalue weighted by atomic mass is 32.2. The number of hydrogen-bond acceptors (Lipinski definition) is 4. The fraction of sp³-hybridized carbons (Fsp3) is 0.318. The minimum absolute atomic E-state index is 0.0236. The molecule has 1 aliphatic heterocycles. The van der Waals surface area contributed by atoms with E-state index >= 15 is 0 Å². The lowest BCUT2D eigenvalue weighted by Gasteiger charge is -2.33. The molecule has 0 atom stereocenters. The molecule has 0 radical (unpaired) electrons. The lowest BCUT2D eigenvalue weighted by molar-refractivity contribution is 0.0902. The molecule has 3 aromatic rings. The number of hydrogen-bond donors (Lipinski definition) is 1. The Balaban J connectivity index is 1.44. The van der Waals surface area contributed by atoms with Crippen molar-refractivity contribution in [3.63, 3.8) is 0 Å². The largest absolute Gasteiger partial charge is 0.358 e. The zero-order valence-electron chi connectivity index (χ0n) is 17.3. The van der Waals surface area contributed by atoms with E-state index < -0.39 is 21.7 Å². The van der Waals surface area contributed by atoms with Gasteiger partial charge in [0.25, 0.3) is 0 Å². The molecule has 0 amide bonds. The molecule has 1 aliphatic rings. The summed E-state index contributed by atoms with van der Waals surface area (Å²) in [6.07, 6.45) is 0. The number of Topliss-reactive ketones (excluding diaryl/α,β-unsaturated/α-hetero) is 1. The molecule has 2 aromatic carbocycles. The summed E-state index contributed by atoms with van der Waals surface area (Å²) in [5.41, 5.74) is 3.49. The molecule has 0 aliphatic carbocycles. The van der Waals surface area contributed by atoms with E-state index in [2.05, 4.69) is 4.98 Å². The van der Waals surface area contributed by atoms with Gasteiger partial charge in [-0.15, -0.1) is 0 Å². The highest BCUT2D eigenvalue weighted by Gasteiger charge is 2.30. The Labute approximate surface area is 179 Å². The summed E-state index contributed by atoms with van der Waals surface area (Å²) in [4.78, 5) is 17.9. The highest BCUT2D eigenvalue weighted by Crippen LogP contribution is 2.25. The number of halogens is 2. The zero-order chi connectivity index (χ0) is 22.3. The van der Waals surface area contributed by atoms with Crippen molar-refractivity contribution in [3.8, 4) is 0 Å². The molecule has 0 bridgehead atoms. The smallest absolute Gasteiger partial charge is 0.243 e. The molecule has 6 nitrogen and oxygen atoms in total. The van der Waals surface area contributed by atoms with Crippen molar-refractivity contribution in [2.45, 2.75) is 18.7 Å². The Morgan fingerprint density at radius 2 is 1.71 bits per heavy atom. The van der Waals surface area contributed by atoms with Gasteiger partial charge in [0, 0.05) is 48.3 Å². The average molecular weight is 448 g/mol. The molecule has 0 saturated carbocycles. The molecule has 31 heavy (non-hydrogen) atoms. The summed E-state index contributed by atoms with van der Waals surface area (Å²) < 4.78 is 53.3. The van der Waals surface area contributed by atoms with E-state index in [0.29, 0.717) is 24.7 Å². The van der Waals surface area contributed by atoms with Crippen molar-refractivity contribution in [3.05, 3.63) is 64.9 Å². The van der Waals surface area contributed by atoms with E-state index in [1.807, 2.05) is 36.9 Å². The average Bonchev–Trinajstić information content (AvgIpc) is 3.05. The van der Waals surface area contributed by atoms with Gasteiger partial charge in [-0.3, -0.25) is 9.69 Å². The van der Waals surface area contributed by atoms with Crippen LogP contribution in [0.5, 0.6) is 0 Å². The molecular weight excluding hydrogens is 424 g/mol. The first-order valence-electron chi connectivity index (χ1n) is 9.96. The first-order valence-corrected chi connectivity index (χ1v) is 11.4. The van der Waals surface area contributed by atoms with Crippen molar-refractivity contribution in [2.24, 2.45) is 0 Å². The number of aryl methyl sites for hydroxylation is 2. The van der Waals surface area contributed by atoms with Crippen LogP contribution in [0.15, 0.2) is 41.3 Å². The van der Waals surface area contributed by atoms with Crippen molar-refractivity contribution < 1.29 is 22.0 Å². The first-order chi connectivity index (χ1) is 14.7. The number of rotatable bonds is 5. The van der Waals surface area contributed by atoms with Crippen molar-refractivity contribution in [2.75, 3.05) is 32.7 Å². The van der Waals surface area contributed by atoms with Crippen LogP contribution in [0.3, 0.4) is 0 Å². The third-order valence-electron chi connectivity index (χ3n) is 5.65. The van der Waals surface area contributed by atoms with Crippen LogP contribution in [0.4, 0.5) is 8.78 Å². The number of aromatic amines is 1. The Morgan fingerprint density at radius 3 is 2.39 bits per heavy atom. The Bertz CT molecular complexity index is 1260. The molecule has 9 heteroatoms. The van der Waals surface area contributed by atoms with E-state index in [-0.39, 0.29) is 30.3 Å². The molecule has 1 saturated heterocycles. The molecular formula is C22H23F2N3O3S. The van der Waals surface area contributed by atoms with Gasteiger partial charge >= 0.3 is 0 Å². The maximum Gasteiger partial charge on any atom is 0.243 e. The SMILES string of the molecule is Cc1ccc2c(C(=O)CN3CCN(S(=O)(=O)c4ccc(F)c(F)c4)CC3)c(C)[nH]c2c1. The van der Waals surface area contributed by atoms with Crippen LogP contribution in [-0.4, -0.2) is 61.1 Å². The third-order valence-corrected chi connectivity index (χ3v) is 7.54. The van der Waals surface area contributed by atoms with Gasteiger partial charge in [-0.2, -0.15) is 4.31 Å². The Kier molecular flexibility index (Phi) is 5.67. The fourth-order valence-corrected chi connectivity index (χ4v) is 5.44. The summed E-state index contributed by atoms with van der Waals surface area (Å²) in [5, 5.41) is 0.882. The van der Waals surface area contributed by atoms with Crippen LogP contribution < -0.4 is 0 Å². The second kappa shape index (κ2) is 8.14. The van der Waals surface area contributed by atoms with E-state index in [4.69, 9.17) is 0 Å². The second-order valence-electron chi connectivity index (χ2n) is 7.85. The number of piperazine rings is 1. The van der Waals surface area contributed by atoms with E-state index in [1.54, 1.807) is 0 Å². The van der Waals surface area contributed by atoms with Crippen LogP contribution in [0.2, 0.25) is 0 Å². The molecule has 0 spiro atoms. The van der Waals surface area contributed by atoms with Gasteiger partial charge in [-0.05, 0) is 43.7 Å². The number of nitrogens with zero attached hydrogens (tertiary/aromatic N) is 2. The summed E-state index contributed by atoms with van der Waals surface area (Å²) in [7, 11) is -3.93. The summed E-state index contributed by atoms with van der Waals surface area (Å²) in [6, 6.07) is 8.47. The van der Waals surface area contributed by atoms with Gasteiger partial charge in [0.15, 0.2) is 17.4 Å². The quantitative estimate of drug-likeness (QED) is 0.610. The maximum absolute atomic E-state index is 13.5. The van der Waals surface area contributed by atoms with Gasteiger partial charge < -0.3 is 4.98 Å². The van der Waals surface area contributed by atoms with Crippen LogP contribution in [0.1, 0.15) is 21.6 Å². The summed E-state index contributed by atoms with van der Waals surface area (Å²) >= 11 is 0. The number of aromatic nitrogens is 1. The number of H-pyrrole nitrogens is 1. The molecule has 1 aromatic heterocycles. The summed E-state index contributed by atoms with van der Waals surface area (Å²) in [6.45, 7) is 5.12. The predicted octanol–water partition coefficient (Wildman–Crippen LogP) is 3.25. The molecule has 1 fully saturated rings. The molecule has 0 unspecified atom stereocenters. The highest BCUT2D eigenvalue weighted by molar-refractivity contribution is 7.89. The third kappa shape index (κ3) is 4.13. The lowest BCUT2D eigenvalue weighted by atomic mass is 10.0. The van der Waals surface area contributed by atoms with Crippen molar-refractivity contribution in [1.82, 2.24) is 14.2 Å². The molecule has 1 N–H and O–H groups in total. The lowest BCUT2D eigenvalue weighted by Crippen LogP contribution is -2.49. The van der Waals surface area contributed by atoms with Gasteiger partial charge in [0.05, 0.1) is 11.4 Å². The fourth-order valence-electron chi connectivity index (χ4n) is 4.00. The van der Waals surface area contributed by atoms with E-state index in [9.17, 15) is 22.0 Å². The topological polar surface area (TPSA) is 73.5 Å². The van der Waals surface area contributed by atoms with E-state index in [1.165, 1.54) is 4.31 Å². The zero-order valence-corrected chi connectivity index (χ0v) is 18.1. The predicted molar refractivity (Wildman–Crippen MR) is 114 cm³/mol. The number of nitrogens with one attached hydrogen (secondary N) is 1. The van der Waals surface area contributed by atoms with Gasteiger partial charge in [-0.25, -0.2) is 17.2 Å². The van der Waals surface area contributed by atoms with Crippen LogP contribution in [-0.2, 0) is 10.0 Å². The maximum atomic E-state index is 13.5. The second-order valence-corrected chi connectivity index (χ2v) is 9.79. The van der Waals surface area contributed by atoms with Crippen LogP contribution in [0, 0.1) is 25.5 Å². The van der Waals surface area contributed by atoms with Gasteiger partial charge in [0.2, 0.25) is 10.0 Å². The normalized spacial score (nSPS) is 16.1. The monoisotopic (exact) mass is 447 g/mol. The number of carbonyl (C=O) groups excluding carboxylic acids is 1. The molecule has 2 heterocycles. The summed E-state index contributed by atoms with van der Waals surface area (Å²) in [5.74, 6) is -2.32. The minimum Gasteiger partial charge on any atom is -0.358 e. The standard InChI is InChI=1S/C22H23F2N3O3S/c1-14-3-5-17-20(11-14)25-15(2)22(17)21(28)13-26-7-9-27(10-8-26)31(29,30)16-4-6-18(23)19(24)12-16/h3-6,11-12,25H,7-10,13H2,1-2H3. The van der Waals surface area contributed by atoms with Gasteiger partial charge in [0.1, 0.15) is 0 Å².